The third kappa shape index (κ3) is 1.77. The average molecular weight is 319 g/mol. The Hall–Kier alpha value is -0.370. The summed E-state index contributed by atoms with van der Waals surface area (Å²) < 4.78 is 0. The van der Waals surface area contributed by atoms with Gasteiger partial charge in [0.15, 0.2) is 0 Å². The van der Waals surface area contributed by atoms with Crippen LogP contribution >= 0.6 is 0 Å². The summed E-state index contributed by atoms with van der Waals surface area (Å²) in [5, 5.41) is 10.8. The molecule has 0 heterocycles. The zero-order chi connectivity index (χ0) is 16.8. The maximum atomic E-state index is 13.3. The fourth-order valence-electron chi connectivity index (χ4n) is 7.60. The number of hydrogen-bond donors (Lipinski definition) is 1. The van der Waals surface area contributed by atoms with E-state index in [0.29, 0.717) is 17.6 Å². The summed E-state index contributed by atoms with van der Waals surface area (Å²) in [7, 11) is 0. The van der Waals surface area contributed by atoms with Gasteiger partial charge in [0.05, 0.1) is 5.60 Å². The fraction of sp³-hybridized carbons (Fsp3) is 0.952. The molecule has 6 atom stereocenters. The first kappa shape index (κ1) is 16.1. The second-order valence-electron chi connectivity index (χ2n) is 10.7. The van der Waals surface area contributed by atoms with Gasteiger partial charge in [-0.1, -0.05) is 34.6 Å². The molecular weight excluding hydrogens is 284 g/mol. The molecule has 4 rings (SSSR count). The van der Waals surface area contributed by atoms with Crippen molar-refractivity contribution < 1.29 is 9.90 Å². The van der Waals surface area contributed by atoms with Crippen molar-refractivity contribution in [2.75, 3.05) is 0 Å². The topological polar surface area (TPSA) is 37.3 Å². The van der Waals surface area contributed by atoms with E-state index in [-0.39, 0.29) is 21.8 Å². The molecule has 1 N–H and O–H groups in total. The summed E-state index contributed by atoms with van der Waals surface area (Å²) in [4.78, 5) is 13.3. The molecule has 2 heteroatoms. The standard InChI is InChI=1S/C21H34O2/c1-13(2)6-18(5,14(3)4)17(22)11-19-7-15-9-20(23)10-16(8-19)21(15,20)12-19/h13-16,23H,6-12H2,1-5H3/t15-,16?,18?,19+,20?,21?/m1/s1. The Morgan fingerprint density at radius 2 is 1.70 bits per heavy atom. The molecule has 2 nitrogen and oxygen atoms in total. The lowest BCUT2D eigenvalue weighted by atomic mass is 9.35. The minimum Gasteiger partial charge on any atom is -0.389 e. The van der Waals surface area contributed by atoms with Gasteiger partial charge < -0.3 is 5.11 Å². The molecule has 130 valence electrons. The number of aliphatic hydroxyl groups is 1. The quantitative estimate of drug-likeness (QED) is 0.777. The molecule has 4 saturated carbocycles. The molecule has 0 aromatic heterocycles. The van der Waals surface area contributed by atoms with E-state index in [4.69, 9.17) is 0 Å². The van der Waals surface area contributed by atoms with E-state index in [1.54, 1.807) is 0 Å². The molecule has 0 saturated heterocycles. The lowest BCUT2D eigenvalue weighted by Crippen LogP contribution is -2.73. The minimum absolute atomic E-state index is 0.180. The summed E-state index contributed by atoms with van der Waals surface area (Å²) >= 11 is 0. The molecule has 23 heavy (non-hydrogen) atoms. The maximum absolute atomic E-state index is 13.3. The SMILES string of the molecule is CC(C)CC(C)(C(=O)C[C@@]12CC3CC4(O)C[C@@H](C1)C34C2)C(C)C. The van der Waals surface area contributed by atoms with Crippen LogP contribution in [0.5, 0.6) is 0 Å². The molecule has 4 aliphatic carbocycles. The highest BCUT2D eigenvalue weighted by molar-refractivity contribution is 5.85. The Morgan fingerprint density at radius 1 is 1.13 bits per heavy atom. The van der Waals surface area contributed by atoms with Crippen molar-refractivity contribution in [3.05, 3.63) is 0 Å². The Kier molecular flexibility index (Phi) is 3.10. The fourth-order valence-corrected chi connectivity index (χ4v) is 7.60. The maximum Gasteiger partial charge on any atom is 0.139 e. The van der Waals surface area contributed by atoms with Gasteiger partial charge in [-0.3, -0.25) is 4.79 Å². The van der Waals surface area contributed by atoms with Gasteiger partial charge in [-0.25, -0.2) is 0 Å². The summed E-state index contributed by atoms with van der Waals surface area (Å²) in [6.45, 7) is 11.1. The first-order chi connectivity index (χ1) is 10.6. The van der Waals surface area contributed by atoms with Gasteiger partial charge in [-0.15, -0.1) is 0 Å². The number of carbonyl (C=O) groups excluding carboxylic acids is 1. The molecular formula is C21H34O2. The van der Waals surface area contributed by atoms with E-state index in [1.807, 2.05) is 0 Å². The number of fused-ring (bicyclic) bond motifs is 1. The number of carbonyl (C=O) groups is 1. The van der Waals surface area contributed by atoms with Crippen molar-refractivity contribution in [2.45, 2.75) is 85.2 Å². The van der Waals surface area contributed by atoms with Gasteiger partial charge in [0, 0.05) is 17.3 Å². The lowest BCUT2D eigenvalue weighted by Gasteiger charge is -2.71. The zero-order valence-electron chi connectivity index (χ0n) is 15.6. The highest BCUT2D eigenvalue weighted by atomic mass is 16.3. The Morgan fingerprint density at radius 3 is 2.09 bits per heavy atom. The third-order valence-corrected chi connectivity index (χ3v) is 8.80. The van der Waals surface area contributed by atoms with Crippen molar-refractivity contribution in [2.24, 2.45) is 39.9 Å². The van der Waals surface area contributed by atoms with E-state index in [9.17, 15) is 9.90 Å². The van der Waals surface area contributed by atoms with Gasteiger partial charge in [0.1, 0.15) is 5.78 Å². The van der Waals surface area contributed by atoms with Crippen molar-refractivity contribution in [3.63, 3.8) is 0 Å². The highest BCUT2D eigenvalue weighted by Crippen LogP contribution is 2.86. The first-order valence-corrected chi connectivity index (χ1v) is 9.83. The summed E-state index contributed by atoms with van der Waals surface area (Å²) in [5.74, 6) is 2.92. The third-order valence-electron chi connectivity index (χ3n) is 8.80. The smallest absolute Gasteiger partial charge is 0.139 e. The number of hydrogen-bond acceptors (Lipinski definition) is 2. The van der Waals surface area contributed by atoms with Gasteiger partial charge in [0.25, 0.3) is 0 Å². The van der Waals surface area contributed by atoms with Gasteiger partial charge in [-0.05, 0) is 67.6 Å². The number of Topliss-reactive ketones (excluding diaryl/α,β-unsaturated/α-hetero) is 1. The van der Waals surface area contributed by atoms with Crippen LogP contribution in [-0.4, -0.2) is 16.5 Å². The zero-order valence-corrected chi connectivity index (χ0v) is 15.6. The normalized spacial score (nSPS) is 48.9. The molecule has 2 bridgehead atoms. The predicted molar refractivity (Wildman–Crippen MR) is 91.9 cm³/mol. The molecule has 0 aromatic carbocycles. The minimum atomic E-state index is -0.330. The molecule has 1 spiro atoms. The van der Waals surface area contributed by atoms with Gasteiger partial charge in [0.2, 0.25) is 0 Å². The highest BCUT2D eigenvalue weighted by Gasteiger charge is 2.84. The average Bonchev–Trinajstić information content (AvgIpc) is 2.86. The van der Waals surface area contributed by atoms with E-state index < -0.39 is 0 Å². The van der Waals surface area contributed by atoms with Crippen LogP contribution in [0.25, 0.3) is 0 Å². The van der Waals surface area contributed by atoms with Gasteiger partial charge in [-0.2, -0.15) is 0 Å². The van der Waals surface area contributed by atoms with E-state index in [0.717, 1.165) is 43.9 Å². The first-order valence-electron chi connectivity index (χ1n) is 9.83. The van der Waals surface area contributed by atoms with Crippen LogP contribution in [0.1, 0.15) is 79.6 Å². The van der Waals surface area contributed by atoms with Gasteiger partial charge >= 0.3 is 0 Å². The van der Waals surface area contributed by atoms with E-state index in [2.05, 4.69) is 34.6 Å². The van der Waals surface area contributed by atoms with Crippen LogP contribution in [0.3, 0.4) is 0 Å². The Balaban J connectivity index is 1.54. The molecule has 0 amide bonds. The molecule has 4 fully saturated rings. The number of rotatable bonds is 6. The predicted octanol–water partition coefficient (Wildman–Crippen LogP) is 4.60. The molecule has 4 unspecified atom stereocenters. The van der Waals surface area contributed by atoms with Crippen LogP contribution in [0.15, 0.2) is 0 Å². The molecule has 0 radical (unpaired) electrons. The van der Waals surface area contributed by atoms with Crippen LogP contribution < -0.4 is 0 Å². The molecule has 4 aliphatic rings. The van der Waals surface area contributed by atoms with Crippen LogP contribution in [0, 0.1) is 39.9 Å². The molecule has 0 aliphatic heterocycles. The van der Waals surface area contributed by atoms with Crippen molar-refractivity contribution in [3.8, 4) is 0 Å². The van der Waals surface area contributed by atoms with Crippen molar-refractivity contribution in [1.29, 1.82) is 0 Å². The van der Waals surface area contributed by atoms with E-state index in [1.165, 1.54) is 12.8 Å². The monoisotopic (exact) mass is 318 g/mol. The Labute approximate surface area is 141 Å². The van der Waals surface area contributed by atoms with Crippen LogP contribution in [0.4, 0.5) is 0 Å². The summed E-state index contributed by atoms with van der Waals surface area (Å²) in [5.41, 5.74) is -0.0246. The van der Waals surface area contributed by atoms with Crippen LogP contribution in [-0.2, 0) is 4.79 Å². The lowest BCUT2D eigenvalue weighted by molar-refractivity contribution is -0.305. The molecule has 0 aromatic rings. The second kappa shape index (κ2) is 4.42. The number of ketones is 1. The second-order valence-corrected chi connectivity index (χ2v) is 10.7. The Bertz CT molecular complexity index is 530. The largest absolute Gasteiger partial charge is 0.389 e. The van der Waals surface area contributed by atoms with E-state index >= 15 is 0 Å². The summed E-state index contributed by atoms with van der Waals surface area (Å²) in [6.07, 6.45) is 7.40. The van der Waals surface area contributed by atoms with Crippen LogP contribution in [0.2, 0.25) is 0 Å². The van der Waals surface area contributed by atoms with Crippen molar-refractivity contribution in [1.82, 2.24) is 0 Å². The summed E-state index contributed by atoms with van der Waals surface area (Å²) in [6, 6.07) is 0. The van der Waals surface area contributed by atoms with Crippen molar-refractivity contribution >= 4 is 5.78 Å².